The number of fused-ring (bicyclic) bond motifs is 2. The maximum Gasteiger partial charge on any atom is 0.316 e. The van der Waals surface area contributed by atoms with Gasteiger partial charge >= 0.3 is 6.01 Å². The van der Waals surface area contributed by atoms with Crippen LogP contribution in [0.25, 0.3) is 34.1 Å². The van der Waals surface area contributed by atoms with E-state index in [1.807, 2.05) is 47.2 Å². The van der Waals surface area contributed by atoms with Gasteiger partial charge in [-0.25, -0.2) is 24.9 Å². The van der Waals surface area contributed by atoms with Gasteiger partial charge in [0.15, 0.2) is 0 Å². The summed E-state index contributed by atoms with van der Waals surface area (Å²) in [5.74, 6) is 2.05. The number of methoxy groups -OCH3 is 1. The molecule has 1 aliphatic heterocycles. The lowest BCUT2D eigenvalue weighted by Crippen LogP contribution is -2.36. The number of rotatable bonds is 6. The molecule has 1 unspecified atom stereocenters. The second-order valence-electron chi connectivity index (χ2n) is 8.40. The van der Waals surface area contributed by atoms with Crippen LogP contribution < -0.4 is 15.0 Å². The first-order valence-electron chi connectivity index (χ1n) is 11.5. The second-order valence-corrected chi connectivity index (χ2v) is 8.79. The number of halogens is 1. The smallest absolute Gasteiger partial charge is 0.316 e. The molecule has 0 bridgehead atoms. The van der Waals surface area contributed by atoms with Crippen LogP contribution in [0.4, 0.5) is 11.5 Å². The van der Waals surface area contributed by atoms with Crippen molar-refractivity contribution in [2.45, 2.75) is 13.0 Å². The Kier molecular flexibility index (Phi) is 5.57. The summed E-state index contributed by atoms with van der Waals surface area (Å²) in [6.07, 6.45) is 10.4. The van der Waals surface area contributed by atoms with Crippen molar-refractivity contribution in [3.63, 3.8) is 0 Å². The molecule has 0 spiro atoms. The lowest BCUT2D eigenvalue weighted by molar-refractivity contribution is 0.380. The van der Waals surface area contributed by atoms with E-state index in [9.17, 15) is 0 Å². The van der Waals surface area contributed by atoms with Crippen molar-refractivity contribution >= 4 is 46.0 Å². The number of nitrogens with zero attached hydrogens (tertiary/aromatic N) is 7. The number of imidazole rings is 1. The summed E-state index contributed by atoms with van der Waals surface area (Å²) in [6, 6.07) is 10.1. The van der Waals surface area contributed by atoms with E-state index in [2.05, 4.69) is 53.6 Å². The molecule has 4 aromatic heterocycles. The molecular formula is C26H22ClN9O. The maximum absolute atomic E-state index is 6.44. The molecule has 37 heavy (non-hydrogen) atoms. The summed E-state index contributed by atoms with van der Waals surface area (Å²) in [5, 5.41) is 4.90. The van der Waals surface area contributed by atoms with Gasteiger partial charge in [0.1, 0.15) is 34.6 Å². The quantitative estimate of drug-likeness (QED) is 0.325. The van der Waals surface area contributed by atoms with Crippen LogP contribution >= 0.6 is 11.6 Å². The molecule has 6 rings (SSSR count). The molecule has 5 heterocycles. The Morgan fingerprint density at radius 3 is 2.59 bits per heavy atom. The number of hydrogen-bond donors (Lipinski definition) is 2. The summed E-state index contributed by atoms with van der Waals surface area (Å²) in [4.78, 5) is 27.2. The number of hydrogen-bond acceptors (Lipinski definition) is 8. The minimum absolute atomic E-state index is 0.200. The van der Waals surface area contributed by atoms with Crippen molar-refractivity contribution in [3.8, 4) is 17.1 Å². The first kappa shape index (κ1) is 22.7. The zero-order valence-electron chi connectivity index (χ0n) is 20.1. The predicted molar refractivity (Wildman–Crippen MR) is 144 cm³/mol. The van der Waals surface area contributed by atoms with Gasteiger partial charge in [0, 0.05) is 41.5 Å². The number of H-pyrrole nitrogens is 1. The highest BCUT2D eigenvalue weighted by molar-refractivity contribution is 6.30. The Morgan fingerprint density at radius 2 is 1.84 bits per heavy atom. The molecule has 0 saturated carbocycles. The van der Waals surface area contributed by atoms with Crippen LogP contribution in [-0.4, -0.2) is 47.6 Å². The molecule has 0 saturated heterocycles. The Hall–Kier alpha value is -4.70. The highest BCUT2D eigenvalue weighted by atomic mass is 35.5. The van der Waals surface area contributed by atoms with Gasteiger partial charge in [-0.1, -0.05) is 36.4 Å². The normalized spacial score (nSPS) is 13.9. The highest BCUT2D eigenvalue weighted by Crippen LogP contribution is 2.37. The summed E-state index contributed by atoms with van der Waals surface area (Å²) in [6.45, 7) is 6.40. The van der Waals surface area contributed by atoms with Gasteiger partial charge in [-0.05, 0) is 19.1 Å². The third kappa shape index (κ3) is 3.87. The third-order valence-electron chi connectivity index (χ3n) is 6.20. The maximum atomic E-state index is 6.44. The largest absolute Gasteiger partial charge is 0.467 e. The number of aromatic amines is 1. The van der Waals surface area contributed by atoms with E-state index in [-0.39, 0.29) is 6.04 Å². The molecule has 0 radical (unpaired) electrons. The number of anilines is 2. The Labute approximate surface area is 217 Å². The SMILES string of the molecule is C=C1N(c2ccccc2)C(C(C)Nc2ncnc3[nH]cc(-c4cnc(OC)nc4)c23)=Cc2ncc(Cl)n21. The van der Waals surface area contributed by atoms with E-state index < -0.39 is 0 Å². The van der Waals surface area contributed by atoms with Gasteiger partial charge in [-0.3, -0.25) is 9.47 Å². The second kappa shape index (κ2) is 9.07. The van der Waals surface area contributed by atoms with Crippen molar-refractivity contribution in [1.82, 2.24) is 34.5 Å². The van der Waals surface area contributed by atoms with Crippen molar-refractivity contribution in [3.05, 3.63) is 84.7 Å². The summed E-state index contributed by atoms with van der Waals surface area (Å²) in [7, 11) is 1.53. The molecule has 0 aliphatic carbocycles. The number of benzene rings is 1. The Morgan fingerprint density at radius 1 is 1.05 bits per heavy atom. The molecule has 1 aliphatic rings. The zero-order chi connectivity index (χ0) is 25.5. The highest BCUT2D eigenvalue weighted by Gasteiger charge is 2.29. The van der Waals surface area contributed by atoms with Gasteiger partial charge in [0.05, 0.1) is 30.4 Å². The topological polar surface area (TPSA) is 110 Å². The van der Waals surface area contributed by atoms with E-state index in [1.54, 1.807) is 18.6 Å². The number of nitrogens with one attached hydrogen (secondary N) is 2. The number of ether oxygens (including phenoxy) is 1. The van der Waals surface area contributed by atoms with Gasteiger partial charge in [-0.2, -0.15) is 0 Å². The molecule has 0 fully saturated rings. The number of aromatic nitrogens is 7. The van der Waals surface area contributed by atoms with E-state index >= 15 is 0 Å². The van der Waals surface area contributed by atoms with Crippen LogP contribution in [0.15, 0.2) is 73.7 Å². The molecule has 1 atom stereocenters. The Bertz CT molecular complexity index is 1640. The molecule has 5 aromatic rings. The first-order valence-corrected chi connectivity index (χ1v) is 11.9. The molecular weight excluding hydrogens is 490 g/mol. The number of para-hydroxylation sites is 1. The average molecular weight is 512 g/mol. The summed E-state index contributed by atoms with van der Waals surface area (Å²) < 4.78 is 6.92. The van der Waals surface area contributed by atoms with E-state index in [0.717, 1.165) is 27.9 Å². The fraction of sp³-hybridized carbons (Fsp3) is 0.115. The van der Waals surface area contributed by atoms with Crippen molar-refractivity contribution in [1.29, 1.82) is 0 Å². The molecule has 10 nitrogen and oxygen atoms in total. The van der Waals surface area contributed by atoms with Crippen LogP contribution in [0.2, 0.25) is 5.15 Å². The minimum Gasteiger partial charge on any atom is -0.467 e. The first-order chi connectivity index (χ1) is 18.0. The molecule has 2 N–H and O–H groups in total. The fourth-order valence-corrected chi connectivity index (χ4v) is 4.71. The van der Waals surface area contributed by atoms with Crippen LogP contribution in [0.3, 0.4) is 0 Å². The standard InChI is InChI=1S/C26H22ClN9O/c1-15(20-9-22-28-13-21(27)36(22)16(2)35(20)18-7-5-4-6-8-18)34-25-23-19(12-29-24(23)32-14-33-25)17-10-30-26(37-3)31-11-17/h4-15H,2H2,1,3H3,(H2,29,32,33,34). The minimum atomic E-state index is -0.200. The third-order valence-corrected chi connectivity index (χ3v) is 6.47. The zero-order valence-corrected chi connectivity index (χ0v) is 20.8. The molecule has 11 heteroatoms. The van der Waals surface area contributed by atoms with Gasteiger partial charge in [0.2, 0.25) is 0 Å². The average Bonchev–Trinajstić information content (AvgIpc) is 3.53. The summed E-state index contributed by atoms with van der Waals surface area (Å²) >= 11 is 6.44. The molecule has 0 amide bonds. The van der Waals surface area contributed by atoms with Crippen molar-refractivity contribution in [2.24, 2.45) is 0 Å². The summed E-state index contributed by atoms with van der Waals surface area (Å²) in [5.41, 5.74) is 4.26. The molecule has 184 valence electrons. The Balaban J connectivity index is 1.42. The van der Waals surface area contributed by atoms with Crippen molar-refractivity contribution < 1.29 is 4.74 Å². The van der Waals surface area contributed by atoms with E-state index in [1.165, 1.54) is 13.4 Å². The van der Waals surface area contributed by atoms with Crippen LogP contribution in [0.1, 0.15) is 12.7 Å². The van der Waals surface area contributed by atoms with Crippen LogP contribution in [-0.2, 0) is 0 Å². The lowest BCUT2D eigenvalue weighted by Gasteiger charge is -2.36. The van der Waals surface area contributed by atoms with Gasteiger partial charge in [-0.15, -0.1) is 0 Å². The van der Waals surface area contributed by atoms with Gasteiger partial charge in [0.25, 0.3) is 0 Å². The van der Waals surface area contributed by atoms with E-state index in [0.29, 0.717) is 34.3 Å². The fourth-order valence-electron chi connectivity index (χ4n) is 4.48. The lowest BCUT2D eigenvalue weighted by atomic mass is 10.1. The molecule has 1 aromatic carbocycles. The van der Waals surface area contributed by atoms with E-state index in [4.69, 9.17) is 16.3 Å². The predicted octanol–water partition coefficient (Wildman–Crippen LogP) is 5.06. The van der Waals surface area contributed by atoms with Crippen molar-refractivity contribution in [2.75, 3.05) is 17.3 Å². The van der Waals surface area contributed by atoms with Gasteiger partial charge < -0.3 is 15.0 Å². The van der Waals surface area contributed by atoms with Crippen LogP contribution in [0, 0.1) is 0 Å². The monoisotopic (exact) mass is 511 g/mol. The van der Waals surface area contributed by atoms with Crippen LogP contribution in [0.5, 0.6) is 6.01 Å².